The smallest absolute Gasteiger partial charge is 0.325 e. The van der Waals surface area contributed by atoms with Gasteiger partial charge in [-0.1, -0.05) is 19.8 Å². The first kappa shape index (κ1) is 10.9. The van der Waals surface area contributed by atoms with Crippen LogP contribution in [0.4, 0.5) is 0 Å². The number of nitrogens with zero attached hydrogens (tertiary/aromatic N) is 1. The molecular weight excluding hydrogens is 190 g/mol. The van der Waals surface area contributed by atoms with Gasteiger partial charge in [-0.05, 0) is 32.7 Å². The summed E-state index contributed by atoms with van der Waals surface area (Å²) in [6.07, 6.45) is 6.05. The summed E-state index contributed by atoms with van der Waals surface area (Å²) < 4.78 is 5.15. The molecule has 3 heteroatoms. The van der Waals surface area contributed by atoms with Crippen LogP contribution in [-0.2, 0) is 9.53 Å². The van der Waals surface area contributed by atoms with Gasteiger partial charge >= 0.3 is 5.97 Å². The molecule has 3 nitrogen and oxygen atoms in total. The molecule has 15 heavy (non-hydrogen) atoms. The Balaban J connectivity index is 2.01. The van der Waals surface area contributed by atoms with Crippen molar-refractivity contribution in [2.24, 2.45) is 0 Å². The molecule has 1 aliphatic carbocycles. The van der Waals surface area contributed by atoms with E-state index in [-0.39, 0.29) is 17.6 Å². The van der Waals surface area contributed by atoms with Gasteiger partial charge in [-0.25, -0.2) is 0 Å². The molecule has 1 aliphatic heterocycles. The molecule has 0 bridgehead atoms. The Kier molecular flexibility index (Phi) is 3.01. The number of carbonyl (C=O) groups is 1. The van der Waals surface area contributed by atoms with Crippen molar-refractivity contribution in [3.05, 3.63) is 0 Å². The van der Waals surface area contributed by atoms with Gasteiger partial charge in [0.05, 0.1) is 6.61 Å². The molecule has 1 spiro atoms. The van der Waals surface area contributed by atoms with Gasteiger partial charge in [0, 0.05) is 5.54 Å². The Bertz CT molecular complexity index is 246. The molecule has 1 heterocycles. The third-order valence-electron chi connectivity index (χ3n) is 3.77. The summed E-state index contributed by atoms with van der Waals surface area (Å²) in [6, 6.07) is 0.0832. The van der Waals surface area contributed by atoms with E-state index >= 15 is 0 Å². The highest BCUT2D eigenvalue weighted by Gasteiger charge is 2.66. The highest BCUT2D eigenvalue weighted by atomic mass is 16.5. The average molecular weight is 211 g/mol. The molecule has 0 aromatic carbocycles. The predicted octanol–water partition coefficient (Wildman–Crippen LogP) is 1.96. The Morgan fingerprint density at radius 1 is 1.40 bits per heavy atom. The molecule has 0 radical (unpaired) electrons. The van der Waals surface area contributed by atoms with Gasteiger partial charge in [0.25, 0.3) is 0 Å². The van der Waals surface area contributed by atoms with Crippen LogP contribution in [0.3, 0.4) is 0 Å². The van der Waals surface area contributed by atoms with E-state index in [1.807, 2.05) is 6.92 Å². The van der Waals surface area contributed by atoms with Gasteiger partial charge in [-0.15, -0.1) is 0 Å². The van der Waals surface area contributed by atoms with Gasteiger partial charge in [0.2, 0.25) is 0 Å². The molecule has 0 aromatic heterocycles. The first-order valence-electron chi connectivity index (χ1n) is 6.19. The van der Waals surface area contributed by atoms with Crippen molar-refractivity contribution < 1.29 is 9.53 Å². The normalized spacial score (nSPS) is 31.9. The third kappa shape index (κ3) is 1.67. The fourth-order valence-corrected chi connectivity index (χ4v) is 3.14. The maximum atomic E-state index is 11.8. The zero-order valence-electron chi connectivity index (χ0n) is 9.79. The molecule has 0 aromatic rings. The first-order chi connectivity index (χ1) is 7.26. The lowest BCUT2D eigenvalue weighted by Gasteiger charge is -2.07. The van der Waals surface area contributed by atoms with Gasteiger partial charge in [-0.2, -0.15) is 0 Å². The summed E-state index contributed by atoms with van der Waals surface area (Å²) in [5, 5.41) is 0. The second-order valence-corrected chi connectivity index (χ2v) is 4.66. The van der Waals surface area contributed by atoms with E-state index in [9.17, 15) is 4.79 Å². The van der Waals surface area contributed by atoms with Crippen molar-refractivity contribution in [3.63, 3.8) is 0 Å². The zero-order valence-corrected chi connectivity index (χ0v) is 9.79. The zero-order chi connectivity index (χ0) is 10.9. The maximum absolute atomic E-state index is 11.8. The number of ether oxygens (including phenoxy) is 1. The molecular formula is C12H21NO2. The Morgan fingerprint density at radius 2 is 2.07 bits per heavy atom. The van der Waals surface area contributed by atoms with Crippen molar-refractivity contribution in [2.75, 3.05) is 13.2 Å². The summed E-state index contributed by atoms with van der Waals surface area (Å²) in [5.41, 5.74) is 0.211. The second-order valence-electron chi connectivity index (χ2n) is 4.66. The first-order valence-corrected chi connectivity index (χ1v) is 6.19. The van der Waals surface area contributed by atoms with Crippen molar-refractivity contribution in [1.82, 2.24) is 4.90 Å². The molecule has 2 fully saturated rings. The molecule has 86 valence electrons. The van der Waals surface area contributed by atoms with Gasteiger partial charge in [0.1, 0.15) is 6.04 Å². The highest BCUT2D eigenvalue weighted by Crippen LogP contribution is 2.53. The fraction of sp³-hybridized carbons (Fsp3) is 0.917. The van der Waals surface area contributed by atoms with Crippen LogP contribution in [0.15, 0.2) is 0 Å². The van der Waals surface area contributed by atoms with Crippen molar-refractivity contribution in [3.8, 4) is 0 Å². The standard InChI is InChI=1S/C12H21NO2/c1-3-9-13-10(11(14)15-4-2)12(13)7-5-6-8-12/h10H,3-9H2,1-2H3. The van der Waals surface area contributed by atoms with E-state index in [1.165, 1.54) is 25.7 Å². The lowest BCUT2D eigenvalue weighted by atomic mass is 10.0. The Hall–Kier alpha value is -0.570. The van der Waals surface area contributed by atoms with Crippen LogP contribution in [0.1, 0.15) is 46.0 Å². The Morgan fingerprint density at radius 3 is 2.60 bits per heavy atom. The molecule has 2 aliphatic rings. The quantitative estimate of drug-likeness (QED) is 0.526. The van der Waals surface area contributed by atoms with E-state index in [0.29, 0.717) is 6.61 Å². The fourth-order valence-electron chi connectivity index (χ4n) is 3.14. The summed E-state index contributed by atoms with van der Waals surface area (Å²) in [6.45, 7) is 5.60. The molecule has 2 atom stereocenters. The van der Waals surface area contributed by atoms with E-state index in [0.717, 1.165) is 13.0 Å². The number of hydrogen-bond acceptors (Lipinski definition) is 3. The second kappa shape index (κ2) is 4.12. The van der Waals surface area contributed by atoms with E-state index < -0.39 is 0 Å². The minimum absolute atomic E-state index is 0.00727. The summed E-state index contributed by atoms with van der Waals surface area (Å²) >= 11 is 0. The summed E-state index contributed by atoms with van der Waals surface area (Å²) in [5.74, 6) is 0.00727. The number of hydrogen-bond donors (Lipinski definition) is 0. The van der Waals surface area contributed by atoms with E-state index in [2.05, 4.69) is 11.8 Å². The minimum Gasteiger partial charge on any atom is -0.465 e. The molecule has 1 saturated heterocycles. The van der Waals surface area contributed by atoms with Crippen LogP contribution in [0.2, 0.25) is 0 Å². The monoisotopic (exact) mass is 211 g/mol. The lowest BCUT2D eigenvalue weighted by molar-refractivity contribution is -0.143. The van der Waals surface area contributed by atoms with E-state index in [1.54, 1.807) is 0 Å². The van der Waals surface area contributed by atoms with Crippen molar-refractivity contribution in [2.45, 2.75) is 57.5 Å². The Labute approximate surface area is 91.8 Å². The van der Waals surface area contributed by atoms with Crippen molar-refractivity contribution in [1.29, 1.82) is 0 Å². The van der Waals surface area contributed by atoms with Crippen LogP contribution in [-0.4, -0.2) is 35.6 Å². The number of rotatable bonds is 4. The van der Waals surface area contributed by atoms with Gasteiger partial charge < -0.3 is 4.74 Å². The SMILES string of the molecule is CCCN1C(C(=O)OCC)C12CCCC2. The third-order valence-corrected chi connectivity index (χ3v) is 3.77. The minimum atomic E-state index is 0.00727. The number of esters is 1. The lowest BCUT2D eigenvalue weighted by Crippen LogP contribution is -2.19. The summed E-state index contributed by atoms with van der Waals surface area (Å²) in [7, 11) is 0. The van der Waals surface area contributed by atoms with Crippen molar-refractivity contribution >= 4 is 5.97 Å². The number of carbonyl (C=O) groups excluding carboxylic acids is 1. The molecule has 0 N–H and O–H groups in total. The van der Waals surface area contributed by atoms with Gasteiger partial charge in [0.15, 0.2) is 0 Å². The largest absolute Gasteiger partial charge is 0.465 e. The molecule has 2 rings (SSSR count). The molecule has 2 unspecified atom stereocenters. The van der Waals surface area contributed by atoms with Crippen LogP contribution >= 0.6 is 0 Å². The van der Waals surface area contributed by atoms with E-state index in [4.69, 9.17) is 4.74 Å². The highest BCUT2D eigenvalue weighted by molar-refractivity contribution is 5.82. The maximum Gasteiger partial charge on any atom is 0.325 e. The van der Waals surface area contributed by atoms with Crippen LogP contribution < -0.4 is 0 Å². The molecule has 1 saturated carbocycles. The predicted molar refractivity (Wildman–Crippen MR) is 58.6 cm³/mol. The van der Waals surface area contributed by atoms with Crippen LogP contribution in [0.25, 0.3) is 0 Å². The topological polar surface area (TPSA) is 29.3 Å². The van der Waals surface area contributed by atoms with Crippen LogP contribution in [0, 0.1) is 0 Å². The summed E-state index contributed by atoms with van der Waals surface area (Å²) in [4.78, 5) is 14.1. The van der Waals surface area contributed by atoms with Gasteiger partial charge in [-0.3, -0.25) is 9.69 Å². The van der Waals surface area contributed by atoms with Crippen LogP contribution in [0.5, 0.6) is 0 Å². The average Bonchev–Trinajstić information content (AvgIpc) is 2.59. The molecule has 0 amide bonds.